The van der Waals surface area contributed by atoms with Crippen LogP contribution in [0.5, 0.6) is 0 Å². The average molecular weight is 253 g/mol. The van der Waals surface area contributed by atoms with Gasteiger partial charge in [-0.15, -0.1) is 0 Å². The van der Waals surface area contributed by atoms with Gasteiger partial charge < -0.3 is 5.11 Å². The number of rotatable bonds is 2. The van der Waals surface area contributed by atoms with Gasteiger partial charge in [0.15, 0.2) is 0 Å². The summed E-state index contributed by atoms with van der Waals surface area (Å²) in [7, 11) is 0. The first-order valence-corrected chi connectivity index (χ1v) is 5.25. The fraction of sp³-hybridized carbons (Fsp3) is 0.154. The molecule has 0 unspecified atom stereocenters. The van der Waals surface area contributed by atoms with Crippen LogP contribution in [0.3, 0.4) is 0 Å². The maximum atomic E-state index is 12.8. The minimum atomic E-state index is -4.52. The number of aromatic nitrogens is 1. The largest absolute Gasteiger partial charge is 0.418 e. The van der Waals surface area contributed by atoms with E-state index in [0.29, 0.717) is 11.1 Å². The molecule has 0 aliphatic heterocycles. The highest BCUT2D eigenvalue weighted by Gasteiger charge is 2.34. The molecule has 18 heavy (non-hydrogen) atoms. The molecule has 0 radical (unpaired) electrons. The number of halogens is 3. The number of aliphatic hydroxyl groups is 1. The van der Waals surface area contributed by atoms with E-state index < -0.39 is 18.3 Å². The molecule has 0 bridgehead atoms. The molecule has 0 amide bonds. The zero-order chi connectivity index (χ0) is 13.2. The molecule has 0 fully saturated rings. The van der Waals surface area contributed by atoms with Crippen LogP contribution in [0.2, 0.25) is 0 Å². The molecule has 0 saturated carbocycles. The van der Waals surface area contributed by atoms with Gasteiger partial charge in [0.1, 0.15) is 0 Å². The van der Waals surface area contributed by atoms with Crippen molar-refractivity contribution < 1.29 is 18.3 Å². The summed E-state index contributed by atoms with van der Waals surface area (Å²) in [5.74, 6) is 0. The van der Waals surface area contributed by atoms with Gasteiger partial charge in [0.2, 0.25) is 0 Å². The predicted molar refractivity (Wildman–Crippen MR) is 60.6 cm³/mol. The van der Waals surface area contributed by atoms with E-state index in [1.54, 1.807) is 30.3 Å². The second-order valence-electron chi connectivity index (χ2n) is 3.74. The minimum Gasteiger partial charge on any atom is -0.390 e. The third kappa shape index (κ3) is 2.51. The molecule has 2 nitrogen and oxygen atoms in total. The van der Waals surface area contributed by atoms with Crippen LogP contribution in [0.4, 0.5) is 13.2 Å². The summed E-state index contributed by atoms with van der Waals surface area (Å²) < 4.78 is 38.3. The maximum Gasteiger partial charge on any atom is 0.418 e. The molecule has 0 saturated heterocycles. The van der Waals surface area contributed by atoms with Crippen molar-refractivity contribution in [1.82, 2.24) is 4.98 Å². The molecule has 0 aliphatic carbocycles. The van der Waals surface area contributed by atoms with E-state index in [2.05, 4.69) is 4.98 Å². The van der Waals surface area contributed by atoms with Gasteiger partial charge in [-0.05, 0) is 11.6 Å². The highest BCUT2D eigenvalue weighted by Crippen LogP contribution is 2.33. The normalized spacial score (nSPS) is 11.6. The number of hydrogen-bond acceptors (Lipinski definition) is 2. The highest BCUT2D eigenvalue weighted by molar-refractivity contribution is 5.63. The number of nitrogens with zero attached hydrogens (tertiary/aromatic N) is 1. The zero-order valence-electron chi connectivity index (χ0n) is 9.28. The minimum absolute atomic E-state index is 0.359. The lowest BCUT2D eigenvalue weighted by Gasteiger charge is -2.12. The van der Waals surface area contributed by atoms with Gasteiger partial charge in [-0.25, -0.2) is 0 Å². The van der Waals surface area contributed by atoms with Crippen molar-refractivity contribution >= 4 is 0 Å². The fourth-order valence-corrected chi connectivity index (χ4v) is 1.65. The Morgan fingerprint density at radius 3 is 2.28 bits per heavy atom. The fourth-order valence-electron chi connectivity index (χ4n) is 1.65. The molecule has 1 aromatic heterocycles. The Bertz CT molecular complexity index is 538. The highest BCUT2D eigenvalue weighted by atomic mass is 19.4. The number of pyridine rings is 1. The summed E-state index contributed by atoms with van der Waals surface area (Å²) in [4.78, 5) is 3.67. The smallest absolute Gasteiger partial charge is 0.390 e. The Labute approximate surface area is 102 Å². The van der Waals surface area contributed by atoms with Crippen molar-refractivity contribution in [3.05, 3.63) is 53.9 Å². The van der Waals surface area contributed by atoms with E-state index in [-0.39, 0.29) is 5.69 Å². The number of hydrogen-bond donors (Lipinski definition) is 1. The molecule has 0 atom stereocenters. The Kier molecular flexibility index (Phi) is 3.34. The predicted octanol–water partition coefficient (Wildman–Crippen LogP) is 3.26. The summed E-state index contributed by atoms with van der Waals surface area (Å²) in [6.45, 7) is -0.732. The van der Waals surface area contributed by atoms with Crippen molar-refractivity contribution in [1.29, 1.82) is 0 Å². The molecule has 0 spiro atoms. The van der Waals surface area contributed by atoms with E-state index in [0.717, 1.165) is 6.07 Å². The van der Waals surface area contributed by atoms with E-state index in [4.69, 9.17) is 5.11 Å². The van der Waals surface area contributed by atoms with Crippen molar-refractivity contribution in [2.45, 2.75) is 12.8 Å². The summed E-state index contributed by atoms with van der Waals surface area (Å²) in [6.07, 6.45) is -3.19. The molecule has 2 rings (SSSR count). The molecule has 0 aliphatic rings. The molecular formula is C13H10F3NO. The summed E-state index contributed by atoms with van der Waals surface area (Å²) in [5.41, 5.74) is -0.228. The van der Waals surface area contributed by atoms with Crippen molar-refractivity contribution in [2.75, 3.05) is 0 Å². The van der Waals surface area contributed by atoms with Crippen LogP contribution in [-0.2, 0) is 12.8 Å². The van der Waals surface area contributed by atoms with Gasteiger partial charge in [0.25, 0.3) is 0 Å². The van der Waals surface area contributed by atoms with Gasteiger partial charge in [-0.1, -0.05) is 30.3 Å². The molecule has 1 N–H and O–H groups in total. The Balaban J connectivity index is 2.53. The van der Waals surface area contributed by atoms with Crippen molar-refractivity contribution in [3.8, 4) is 11.1 Å². The third-order valence-electron chi connectivity index (χ3n) is 2.53. The zero-order valence-corrected chi connectivity index (χ0v) is 9.28. The standard InChI is InChI=1S/C13H10F3NO/c14-13(15,16)11-6-10(7-17-12(11)8-18)9-4-2-1-3-5-9/h1-7,18H,8H2. The van der Waals surface area contributed by atoms with Crippen molar-refractivity contribution in [3.63, 3.8) is 0 Å². The number of aliphatic hydroxyl groups excluding tert-OH is 1. The van der Waals surface area contributed by atoms with Crippen LogP contribution in [0.15, 0.2) is 42.6 Å². The lowest BCUT2D eigenvalue weighted by molar-refractivity contribution is -0.139. The van der Waals surface area contributed by atoms with Gasteiger partial charge >= 0.3 is 6.18 Å². The van der Waals surface area contributed by atoms with Crippen molar-refractivity contribution in [2.24, 2.45) is 0 Å². The summed E-state index contributed by atoms with van der Waals surface area (Å²) in [5, 5.41) is 8.88. The van der Waals surface area contributed by atoms with Gasteiger partial charge in [-0.3, -0.25) is 4.98 Å². The number of alkyl halides is 3. The first-order valence-electron chi connectivity index (χ1n) is 5.25. The molecule has 5 heteroatoms. The molecular weight excluding hydrogens is 243 g/mol. The lowest BCUT2D eigenvalue weighted by Crippen LogP contribution is -2.11. The van der Waals surface area contributed by atoms with E-state index >= 15 is 0 Å². The quantitative estimate of drug-likeness (QED) is 0.891. The second kappa shape index (κ2) is 4.78. The van der Waals surface area contributed by atoms with Crippen LogP contribution in [-0.4, -0.2) is 10.1 Å². The SMILES string of the molecule is OCc1ncc(-c2ccccc2)cc1C(F)(F)F. The van der Waals surface area contributed by atoms with E-state index in [1.807, 2.05) is 0 Å². The van der Waals surface area contributed by atoms with Crippen LogP contribution in [0, 0.1) is 0 Å². The average Bonchev–Trinajstić information content (AvgIpc) is 2.38. The molecule has 2 aromatic rings. The maximum absolute atomic E-state index is 12.8. The molecule has 1 heterocycles. The Morgan fingerprint density at radius 2 is 1.72 bits per heavy atom. The van der Waals surface area contributed by atoms with Crippen LogP contribution in [0.1, 0.15) is 11.3 Å². The monoisotopic (exact) mass is 253 g/mol. The topological polar surface area (TPSA) is 33.1 Å². The first kappa shape index (κ1) is 12.6. The lowest BCUT2D eigenvalue weighted by atomic mass is 10.0. The Morgan fingerprint density at radius 1 is 1.06 bits per heavy atom. The summed E-state index contributed by atoms with van der Waals surface area (Å²) in [6, 6.07) is 9.67. The summed E-state index contributed by atoms with van der Waals surface area (Å²) >= 11 is 0. The third-order valence-corrected chi connectivity index (χ3v) is 2.53. The van der Waals surface area contributed by atoms with Crippen LogP contribution >= 0.6 is 0 Å². The van der Waals surface area contributed by atoms with Gasteiger partial charge in [-0.2, -0.15) is 13.2 Å². The first-order chi connectivity index (χ1) is 8.52. The van der Waals surface area contributed by atoms with Gasteiger partial charge in [0.05, 0.1) is 17.9 Å². The molecule has 94 valence electrons. The number of benzene rings is 1. The van der Waals surface area contributed by atoms with E-state index in [1.165, 1.54) is 6.20 Å². The second-order valence-corrected chi connectivity index (χ2v) is 3.74. The van der Waals surface area contributed by atoms with Crippen LogP contribution in [0.25, 0.3) is 11.1 Å². The van der Waals surface area contributed by atoms with E-state index in [9.17, 15) is 13.2 Å². The van der Waals surface area contributed by atoms with Gasteiger partial charge in [0, 0.05) is 11.8 Å². The Hall–Kier alpha value is -1.88. The van der Waals surface area contributed by atoms with Crippen LogP contribution < -0.4 is 0 Å². The molecule has 1 aromatic carbocycles.